The predicted octanol–water partition coefficient (Wildman–Crippen LogP) is 3.08. The molecule has 1 heterocycles. The second-order valence-electron chi connectivity index (χ2n) is 5.12. The molecule has 0 aliphatic heterocycles. The average molecular weight is 297 g/mol. The van der Waals surface area contributed by atoms with Crippen molar-refractivity contribution < 1.29 is 14.3 Å². The van der Waals surface area contributed by atoms with Gasteiger partial charge in [-0.3, -0.25) is 4.79 Å². The molecule has 0 saturated heterocycles. The number of esters is 1. The van der Waals surface area contributed by atoms with Gasteiger partial charge in [0.2, 0.25) is 5.78 Å². The molecule has 0 saturated carbocycles. The van der Waals surface area contributed by atoms with E-state index in [1.807, 2.05) is 61.9 Å². The number of ether oxygens (including phenoxy) is 1. The minimum absolute atomic E-state index is 0.192. The molecule has 2 rings (SSSR count). The summed E-state index contributed by atoms with van der Waals surface area (Å²) >= 11 is 0. The summed E-state index contributed by atoms with van der Waals surface area (Å²) in [6, 6.07) is 11.2. The molecule has 2 aromatic rings. The number of rotatable bonds is 5. The quantitative estimate of drug-likeness (QED) is 0.484. The molecule has 1 aromatic carbocycles. The van der Waals surface area contributed by atoms with Crippen LogP contribution in [0.5, 0.6) is 0 Å². The Kier molecular flexibility index (Phi) is 4.94. The Morgan fingerprint density at radius 2 is 1.86 bits per heavy atom. The van der Waals surface area contributed by atoms with Crippen LogP contribution >= 0.6 is 0 Å². The van der Waals surface area contributed by atoms with Crippen LogP contribution in [0.2, 0.25) is 0 Å². The molecular weight excluding hydrogens is 278 g/mol. The van der Waals surface area contributed by atoms with Gasteiger partial charge in [0.15, 0.2) is 6.61 Å². The van der Waals surface area contributed by atoms with Gasteiger partial charge in [0.25, 0.3) is 0 Å². The number of aryl methyl sites for hydroxylation is 1. The summed E-state index contributed by atoms with van der Waals surface area (Å²) in [4.78, 5) is 23.7. The van der Waals surface area contributed by atoms with Gasteiger partial charge in [0, 0.05) is 30.1 Å². The molecule has 22 heavy (non-hydrogen) atoms. The number of nitrogens with zero attached hydrogens (tertiary/aromatic N) is 1. The van der Waals surface area contributed by atoms with Gasteiger partial charge in [-0.2, -0.15) is 0 Å². The third-order valence-electron chi connectivity index (χ3n) is 3.63. The summed E-state index contributed by atoms with van der Waals surface area (Å²) in [5.41, 5.74) is 3.37. The fourth-order valence-corrected chi connectivity index (χ4v) is 2.13. The summed E-state index contributed by atoms with van der Waals surface area (Å²) in [6.45, 7) is 3.55. The zero-order chi connectivity index (χ0) is 16.1. The molecule has 0 atom stereocenters. The highest BCUT2D eigenvalue weighted by atomic mass is 16.5. The number of hydrogen-bond acceptors (Lipinski definition) is 3. The molecule has 0 fully saturated rings. The third kappa shape index (κ3) is 3.73. The molecule has 0 N–H and O–H groups in total. The molecular formula is C18H19NO3. The van der Waals surface area contributed by atoms with Crippen molar-refractivity contribution in [3.8, 4) is 0 Å². The van der Waals surface area contributed by atoms with Crippen molar-refractivity contribution in [1.29, 1.82) is 0 Å². The molecule has 0 bridgehead atoms. The van der Waals surface area contributed by atoms with E-state index < -0.39 is 5.97 Å². The van der Waals surface area contributed by atoms with Crippen LogP contribution in [-0.4, -0.2) is 22.9 Å². The smallest absolute Gasteiger partial charge is 0.331 e. The highest BCUT2D eigenvalue weighted by Crippen LogP contribution is 2.14. The number of hydrogen-bond donors (Lipinski definition) is 0. The Hall–Kier alpha value is -2.62. The molecule has 114 valence electrons. The highest BCUT2D eigenvalue weighted by Gasteiger charge is 2.15. The predicted molar refractivity (Wildman–Crippen MR) is 85.7 cm³/mol. The van der Waals surface area contributed by atoms with Gasteiger partial charge in [-0.05, 0) is 31.6 Å². The Bertz CT molecular complexity index is 711. The normalized spacial score (nSPS) is 10.9. The van der Waals surface area contributed by atoms with Gasteiger partial charge in [-0.15, -0.1) is 0 Å². The van der Waals surface area contributed by atoms with Crippen molar-refractivity contribution in [2.45, 2.75) is 13.8 Å². The van der Waals surface area contributed by atoms with Crippen LogP contribution in [0.25, 0.3) is 6.08 Å². The largest absolute Gasteiger partial charge is 0.454 e. The average Bonchev–Trinajstić information content (AvgIpc) is 2.79. The summed E-state index contributed by atoms with van der Waals surface area (Å²) in [7, 11) is 1.90. The molecule has 4 nitrogen and oxygen atoms in total. The number of Topliss-reactive ketones (excluding diaryl/α,β-unsaturated/α-hetero) is 1. The maximum absolute atomic E-state index is 12.1. The lowest BCUT2D eigenvalue weighted by molar-refractivity contribution is -0.136. The van der Waals surface area contributed by atoms with Gasteiger partial charge in [-0.1, -0.05) is 30.3 Å². The van der Waals surface area contributed by atoms with E-state index >= 15 is 0 Å². The summed E-state index contributed by atoms with van der Waals surface area (Å²) in [6.07, 6.45) is 2.98. The lowest BCUT2D eigenvalue weighted by Gasteiger charge is -2.03. The number of ketones is 1. The van der Waals surface area contributed by atoms with E-state index in [9.17, 15) is 9.59 Å². The molecule has 0 spiro atoms. The lowest BCUT2D eigenvalue weighted by atomic mass is 10.1. The molecule has 1 aromatic heterocycles. The second-order valence-corrected chi connectivity index (χ2v) is 5.12. The summed E-state index contributed by atoms with van der Waals surface area (Å²) < 4.78 is 6.93. The maximum Gasteiger partial charge on any atom is 0.331 e. The first kappa shape index (κ1) is 15.8. The minimum Gasteiger partial charge on any atom is -0.454 e. The fraction of sp³-hybridized carbons (Fsp3) is 0.222. The number of aromatic nitrogens is 1. The molecule has 4 heteroatoms. The van der Waals surface area contributed by atoms with Crippen LogP contribution in [0.4, 0.5) is 0 Å². The van der Waals surface area contributed by atoms with E-state index in [0.29, 0.717) is 5.56 Å². The van der Waals surface area contributed by atoms with Crippen LogP contribution in [0.1, 0.15) is 27.3 Å². The van der Waals surface area contributed by atoms with Gasteiger partial charge in [0.05, 0.1) is 0 Å². The van der Waals surface area contributed by atoms with Gasteiger partial charge in [-0.25, -0.2) is 4.79 Å². The van der Waals surface area contributed by atoms with E-state index in [4.69, 9.17) is 4.74 Å². The molecule has 0 amide bonds. The van der Waals surface area contributed by atoms with Crippen molar-refractivity contribution in [3.05, 3.63) is 65.0 Å². The zero-order valence-electron chi connectivity index (χ0n) is 13.0. The first-order valence-corrected chi connectivity index (χ1v) is 7.05. The van der Waals surface area contributed by atoms with Crippen LogP contribution in [0.15, 0.2) is 42.5 Å². The van der Waals surface area contributed by atoms with Crippen molar-refractivity contribution in [2.24, 2.45) is 7.05 Å². The molecule has 0 unspecified atom stereocenters. The first-order valence-electron chi connectivity index (χ1n) is 7.05. The van der Waals surface area contributed by atoms with Gasteiger partial charge >= 0.3 is 5.97 Å². The van der Waals surface area contributed by atoms with E-state index in [2.05, 4.69) is 0 Å². The fourth-order valence-electron chi connectivity index (χ4n) is 2.13. The maximum atomic E-state index is 12.1. The zero-order valence-corrected chi connectivity index (χ0v) is 13.0. The standard InChI is InChI=1S/C18H19NO3/c1-13-11-16(14(2)19(13)3)17(20)12-22-18(21)10-9-15-7-5-4-6-8-15/h4-11H,12H2,1-3H3. The van der Waals surface area contributed by atoms with E-state index in [-0.39, 0.29) is 12.4 Å². The van der Waals surface area contributed by atoms with Crippen molar-refractivity contribution in [2.75, 3.05) is 6.61 Å². The van der Waals surface area contributed by atoms with Gasteiger partial charge in [0.1, 0.15) is 0 Å². The topological polar surface area (TPSA) is 48.3 Å². The van der Waals surface area contributed by atoms with E-state index in [0.717, 1.165) is 17.0 Å². The monoisotopic (exact) mass is 297 g/mol. The second kappa shape index (κ2) is 6.89. The number of benzene rings is 1. The van der Waals surface area contributed by atoms with Gasteiger partial charge < -0.3 is 9.30 Å². The van der Waals surface area contributed by atoms with Crippen molar-refractivity contribution in [3.63, 3.8) is 0 Å². The lowest BCUT2D eigenvalue weighted by Crippen LogP contribution is -2.13. The molecule has 0 radical (unpaired) electrons. The molecule has 0 aliphatic rings. The van der Waals surface area contributed by atoms with Crippen molar-refractivity contribution >= 4 is 17.8 Å². The van der Waals surface area contributed by atoms with Crippen LogP contribution in [0.3, 0.4) is 0 Å². The van der Waals surface area contributed by atoms with Crippen molar-refractivity contribution in [1.82, 2.24) is 4.57 Å². The highest BCUT2D eigenvalue weighted by molar-refractivity contribution is 6.00. The Morgan fingerprint density at radius 3 is 2.45 bits per heavy atom. The Balaban J connectivity index is 1.92. The number of carbonyl (C=O) groups is 2. The number of carbonyl (C=O) groups excluding carboxylic acids is 2. The van der Waals surface area contributed by atoms with E-state index in [1.165, 1.54) is 6.08 Å². The van der Waals surface area contributed by atoms with Crippen LogP contribution < -0.4 is 0 Å². The third-order valence-corrected chi connectivity index (χ3v) is 3.63. The first-order chi connectivity index (χ1) is 10.5. The summed E-state index contributed by atoms with van der Waals surface area (Å²) in [5.74, 6) is -0.717. The Morgan fingerprint density at radius 1 is 1.18 bits per heavy atom. The SMILES string of the molecule is Cc1cc(C(=O)COC(=O)C=Cc2ccccc2)c(C)n1C. The minimum atomic E-state index is -0.525. The van der Waals surface area contributed by atoms with Crippen LogP contribution in [-0.2, 0) is 16.6 Å². The Labute approximate surface area is 130 Å². The van der Waals surface area contributed by atoms with Crippen LogP contribution in [0, 0.1) is 13.8 Å². The van der Waals surface area contributed by atoms with E-state index in [1.54, 1.807) is 6.08 Å². The summed E-state index contributed by atoms with van der Waals surface area (Å²) in [5, 5.41) is 0. The molecule has 0 aliphatic carbocycles.